The first-order valence-electron chi connectivity index (χ1n) is 12.7. The molecular weight excluding hydrogens is 458 g/mol. The molecule has 4 rings (SSSR count). The number of nitrogens with one attached hydrogen (secondary N) is 1. The second-order valence-corrected chi connectivity index (χ2v) is 10.9. The van der Waals surface area contributed by atoms with Crippen LogP contribution in [-0.4, -0.2) is 48.3 Å². The summed E-state index contributed by atoms with van der Waals surface area (Å²) in [6.45, 7) is 4.54. The number of fused-ring (bicyclic) bond motifs is 1. The third kappa shape index (κ3) is 5.84. The Hall–Kier alpha value is -2.50. The maximum atomic E-state index is 10.2. The normalized spacial score (nSPS) is 18.4. The maximum absolute atomic E-state index is 10.2. The van der Waals surface area contributed by atoms with Crippen molar-refractivity contribution in [3.05, 3.63) is 47.1 Å². The molecule has 1 fully saturated rings. The number of methoxy groups -OCH3 is 1. The number of phenols is 1. The van der Waals surface area contributed by atoms with Crippen molar-refractivity contribution >= 4 is 28.2 Å². The number of rotatable bonds is 8. The van der Waals surface area contributed by atoms with E-state index in [1.165, 1.54) is 44.0 Å². The van der Waals surface area contributed by atoms with Gasteiger partial charge in [-0.1, -0.05) is 31.5 Å². The summed E-state index contributed by atoms with van der Waals surface area (Å²) >= 11 is 6.30. The molecule has 1 aliphatic carbocycles. The van der Waals surface area contributed by atoms with Crippen LogP contribution in [0.4, 0.5) is 5.69 Å². The first-order chi connectivity index (χ1) is 16.8. The summed E-state index contributed by atoms with van der Waals surface area (Å²) in [6, 6.07) is 11.1. The van der Waals surface area contributed by atoms with Crippen molar-refractivity contribution in [1.29, 1.82) is 0 Å². The maximum Gasteiger partial charge on any atom is 0.176 e. The molecule has 188 valence electrons. The highest BCUT2D eigenvalue weighted by atomic mass is 35.5. The van der Waals surface area contributed by atoms with E-state index in [0.717, 1.165) is 34.9 Å². The quantitative estimate of drug-likeness (QED) is 0.347. The van der Waals surface area contributed by atoms with Gasteiger partial charge in [-0.05, 0) is 99.5 Å². The number of aromatic nitrogens is 1. The van der Waals surface area contributed by atoms with E-state index in [-0.39, 0.29) is 10.8 Å². The highest BCUT2D eigenvalue weighted by Gasteiger charge is 2.24. The van der Waals surface area contributed by atoms with Gasteiger partial charge in [-0.2, -0.15) is 0 Å². The van der Waals surface area contributed by atoms with Gasteiger partial charge < -0.3 is 20.1 Å². The van der Waals surface area contributed by atoms with Crippen LogP contribution in [-0.2, 0) is 6.42 Å². The largest absolute Gasteiger partial charge is 0.503 e. The van der Waals surface area contributed by atoms with Crippen molar-refractivity contribution < 1.29 is 9.84 Å². The molecule has 1 aliphatic rings. The molecule has 0 spiro atoms. The lowest BCUT2D eigenvalue weighted by molar-refractivity contribution is 0.221. The Bertz CT molecular complexity index is 1170. The fourth-order valence-corrected chi connectivity index (χ4v) is 5.27. The Kier molecular flexibility index (Phi) is 8.08. The fraction of sp³-hybridized carbons (Fsp3) is 0.483. The Morgan fingerprint density at radius 1 is 1.11 bits per heavy atom. The highest BCUT2D eigenvalue weighted by molar-refractivity contribution is 6.32. The summed E-state index contributed by atoms with van der Waals surface area (Å²) in [7, 11) is 5.91. The monoisotopic (exact) mass is 495 g/mol. The average molecular weight is 496 g/mol. The van der Waals surface area contributed by atoms with Gasteiger partial charge in [0.15, 0.2) is 11.5 Å². The van der Waals surface area contributed by atoms with Gasteiger partial charge in [0.2, 0.25) is 0 Å². The van der Waals surface area contributed by atoms with Gasteiger partial charge in [0.05, 0.1) is 17.6 Å². The number of anilines is 1. The smallest absolute Gasteiger partial charge is 0.176 e. The third-order valence-electron chi connectivity index (χ3n) is 7.29. The second-order valence-electron chi connectivity index (χ2n) is 10.4. The van der Waals surface area contributed by atoms with E-state index in [9.17, 15) is 5.11 Å². The molecule has 5 nitrogen and oxygen atoms in total. The van der Waals surface area contributed by atoms with E-state index in [4.69, 9.17) is 21.3 Å². The zero-order valence-electron chi connectivity index (χ0n) is 21.6. The SMILES string of the molecule is COc1cc(-c2ccc3ncc(CCC(C)C)c(N[C@H]4CC[C@H](N(C)C)CC4)c3c2)cc(Cl)c1O. The molecule has 2 N–H and O–H groups in total. The minimum Gasteiger partial charge on any atom is -0.503 e. The summed E-state index contributed by atoms with van der Waals surface area (Å²) in [4.78, 5) is 7.17. The molecule has 3 aromatic rings. The summed E-state index contributed by atoms with van der Waals surface area (Å²) in [5.74, 6) is 0.964. The zero-order valence-corrected chi connectivity index (χ0v) is 22.3. The number of aryl methyl sites for hydroxylation is 1. The Morgan fingerprint density at radius 3 is 2.51 bits per heavy atom. The lowest BCUT2D eigenvalue weighted by Gasteiger charge is -2.34. The van der Waals surface area contributed by atoms with Gasteiger partial charge in [0.1, 0.15) is 0 Å². The van der Waals surface area contributed by atoms with Crippen molar-refractivity contribution in [2.24, 2.45) is 5.92 Å². The molecule has 0 unspecified atom stereocenters. The van der Waals surface area contributed by atoms with Crippen LogP contribution in [0.25, 0.3) is 22.0 Å². The van der Waals surface area contributed by atoms with Crippen LogP contribution in [0.5, 0.6) is 11.5 Å². The van der Waals surface area contributed by atoms with Crippen LogP contribution < -0.4 is 10.1 Å². The van der Waals surface area contributed by atoms with E-state index in [1.54, 1.807) is 6.07 Å². The van der Waals surface area contributed by atoms with Gasteiger partial charge >= 0.3 is 0 Å². The van der Waals surface area contributed by atoms with Crippen molar-refractivity contribution in [1.82, 2.24) is 9.88 Å². The summed E-state index contributed by atoms with van der Waals surface area (Å²) in [5, 5.41) is 15.5. The number of pyridine rings is 1. The van der Waals surface area contributed by atoms with Crippen molar-refractivity contribution in [3.63, 3.8) is 0 Å². The van der Waals surface area contributed by atoms with Crippen LogP contribution in [0.1, 0.15) is 51.5 Å². The van der Waals surface area contributed by atoms with E-state index in [0.29, 0.717) is 23.8 Å². The van der Waals surface area contributed by atoms with Gasteiger partial charge in [-0.15, -0.1) is 0 Å². The second kappa shape index (κ2) is 11.0. The lowest BCUT2D eigenvalue weighted by Crippen LogP contribution is -2.36. The molecular formula is C29H38ClN3O2. The number of nitrogens with zero attached hydrogens (tertiary/aromatic N) is 2. The Balaban J connectivity index is 1.74. The summed E-state index contributed by atoms with van der Waals surface area (Å²) < 4.78 is 5.34. The number of aromatic hydroxyl groups is 1. The first-order valence-corrected chi connectivity index (χ1v) is 13.1. The van der Waals surface area contributed by atoms with Gasteiger partial charge in [-0.3, -0.25) is 4.98 Å². The summed E-state index contributed by atoms with van der Waals surface area (Å²) in [6.07, 6.45) is 8.94. The topological polar surface area (TPSA) is 57.6 Å². The molecule has 0 atom stereocenters. The van der Waals surface area contributed by atoms with Crippen LogP contribution in [0, 0.1) is 5.92 Å². The number of benzene rings is 2. The van der Waals surface area contributed by atoms with Crippen LogP contribution in [0.3, 0.4) is 0 Å². The average Bonchev–Trinajstić information content (AvgIpc) is 2.85. The van der Waals surface area contributed by atoms with Crippen molar-refractivity contribution in [2.45, 2.75) is 64.5 Å². The minimum absolute atomic E-state index is 0.0352. The van der Waals surface area contributed by atoms with E-state index < -0.39 is 0 Å². The van der Waals surface area contributed by atoms with E-state index in [1.807, 2.05) is 6.07 Å². The zero-order chi connectivity index (χ0) is 25.1. The molecule has 0 amide bonds. The minimum atomic E-state index is -0.0352. The molecule has 35 heavy (non-hydrogen) atoms. The van der Waals surface area contributed by atoms with Crippen LogP contribution in [0.2, 0.25) is 5.02 Å². The van der Waals surface area contributed by atoms with Crippen LogP contribution in [0.15, 0.2) is 36.5 Å². The molecule has 0 aliphatic heterocycles. The standard InChI is InChI=1S/C29H38ClN3O2/c1-18(2)6-7-20-17-31-26-13-8-19(21-15-25(30)29(34)27(16-21)35-5)14-24(26)28(20)32-22-9-11-23(12-10-22)33(3)4/h8,13-18,22-23,34H,6-7,9-12H2,1-5H3,(H,31,32)/t22-,23-. The lowest BCUT2D eigenvalue weighted by atomic mass is 9.89. The first kappa shape index (κ1) is 25.6. The van der Waals surface area contributed by atoms with Gasteiger partial charge in [-0.25, -0.2) is 0 Å². The van der Waals surface area contributed by atoms with Crippen molar-refractivity contribution in [3.8, 4) is 22.6 Å². The fourth-order valence-electron chi connectivity index (χ4n) is 5.05. The number of ether oxygens (including phenoxy) is 1. The predicted octanol–water partition coefficient (Wildman–Crippen LogP) is 7.14. The molecule has 6 heteroatoms. The molecule has 0 bridgehead atoms. The van der Waals surface area contributed by atoms with Gasteiger partial charge in [0, 0.05) is 29.4 Å². The molecule has 0 radical (unpaired) electrons. The molecule has 1 aromatic heterocycles. The van der Waals surface area contributed by atoms with Gasteiger partial charge in [0.25, 0.3) is 0 Å². The van der Waals surface area contributed by atoms with Crippen LogP contribution >= 0.6 is 11.6 Å². The van der Waals surface area contributed by atoms with Crippen molar-refractivity contribution in [2.75, 3.05) is 26.5 Å². The predicted molar refractivity (Wildman–Crippen MR) is 147 cm³/mol. The third-order valence-corrected chi connectivity index (χ3v) is 7.58. The summed E-state index contributed by atoms with van der Waals surface area (Å²) in [5.41, 5.74) is 5.38. The Labute approximate surface area is 214 Å². The molecule has 1 saturated carbocycles. The number of phenolic OH excluding ortho intramolecular Hbond substituents is 1. The Morgan fingerprint density at radius 2 is 1.86 bits per heavy atom. The molecule has 0 saturated heterocycles. The number of halogens is 1. The number of hydrogen-bond donors (Lipinski definition) is 2. The number of hydrogen-bond acceptors (Lipinski definition) is 5. The van der Waals surface area contributed by atoms with E-state index in [2.05, 4.69) is 62.6 Å². The molecule has 1 heterocycles. The highest BCUT2D eigenvalue weighted by Crippen LogP contribution is 2.40. The van der Waals surface area contributed by atoms with E-state index >= 15 is 0 Å². The molecule has 2 aromatic carbocycles.